The van der Waals surface area contributed by atoms with Crippen LogP contribution in [0.5, 0.6) is 0 Å². The lowest BCUT2D eigenvalue weighted by molar-refractivity contribution is 0.0691. The zero-order chi connectivity index (χ0) is 28.7. The monoisotopic (exact) mass is 587 g/mol. The first kappa shape index (κ1) is 27.2. The van der Waals surface area contributed by atoms with Crippen molar-refractivity contribution in [1.82, 2.24) is 14.8 Å². The van der Waals surface area contributed by atoms with Gasteiger partial charge in [-0.05, 0) is 60.9 Å². The molecule has 1 aliphatic rings. The Morgan fingerprint density at radius 2 is 1.85 bits per heavy atom. The largest absolute Gasteiger partial charge is 0.476 e. The van der Waals surface area contributed by atoms with Gasteiger partial charge in [-0.3, -0.25) is 0 Å². The van der Waals surface area contributed by atoms with Crippen molar-refractivity contribution in [1.29, 1.82) is 0 Å². The molecular weight excluding hydrogens is 559 g/mol. The SMILES string of the molecule is Cc1ccc(-c2cccc(-c3nn(-c4nc(C(=O)O)cs4)c(CC4CC4)c3Cc3ccc([SH+](N)=O)cc3F)c2)cc1. The molecule has 3 N–H and O–H groups in total. The van der Waals surface area contributed by atoms with E-state index in [-0.39, 0.29) is 17.0 Å². The zero-order valence-corrected chi connectivity index (χ0v) is 24.0. The molecular formula is C31H28FN4O3S2+. The van der Waals surface area contributed by atoms with Crippen LogP contribution in [0, 0.1) is 18.7 Å². The smallest absolute Gasteiger partial charge is 0.355 e. The fraction of sp³-hybridized carbons (Fsp3) is 0.194. The summed E-state index contributed by atoms with van der Waals surface area (Å²) in [5.41, 5.74) is 6.96. The standard InChI is InChI=1S/C31H27FN4O3S2/c1-18-5-9-20(10-6-18)21-3-2-4-23(14-21)29-25(15-22-11-12-24(41(33)39)16-26(22)32)28(13-19-7-8-19)36(35-29)31-34-27(17-40-31)30(37)38/h2-6,9-12,14,16-17,19H,7-8,13,15H2,1H3,(H2,33,39)(H,37,38)/p+1. The molecule has 1 saturated carbocycles. The van der Waals surface area contributed by atoms with Crippen LogP contribution in [-0.4, -0.2) is 25.8 Å². The number of aryl methyl sites for hydroxylation is 1. The first-order valence-corrected chi connectivity index (χ1v) is 15.5. The number of hydrogen-bond donors (Lipinski definition) is 2. The van der Waals surface area contributed by atoms with Crippen LogP contribution in [0.3, 0.4) is 0 Å². The highest BCUT2D eigenvalue weighted by molar-refractivity contribution is 7.82. The first-order valence-electron chi connectivity index (χ1n) is 13.2. The van der Waals surface area contributed by atoms with Crippen LogP contribution in [0.1, 0.15) is 45.7 Å². The van der Waals surface area contributed by atoms with E-state index in [1.807, 2.05) is 25.1 Å². The zero-order valence-electron chi connectivity index (χ0n) is 22.3. The van der Waals surface area contributed by atoms with E-state index in [0.29, 0.717) is 22.3 Å². The maximum absolute atomic E-state index is 15.3. The van der Waals surface area contributed by atoms with Gasteiger partial charge >= 0.3 is 5.97 Å². The Bertz CT molecular complexity index is 1790. The molecule has 0 amide bonds. The van der Waals surface area contributed by atoms with Crippen LogP contribution >= 0.6 is 11.3 Å². The number of carboxylic acids is 1. The van der Waals surface area contributed by atoms with Crippen LogP contribution in [0.25, 0.3) is 27.5 Å². The second kappa shape index (κ2) is 11.1. The van der Waals surface area contributed by atoms with Gasteiger partial charge in [-0.15, -0.1) is 16.5 Å². The number of carboxylic acid groups (broad SMARTS) is 1. The predicted octanol–water partition coefficient (Wildman–Crippen LogP) is 6.28. The van der Waals surface area contributed by atoms with Crippen LogP contribution in [0.4, 0.5) is 4.39 Å². The fourth-order valence-electron chi connectivity index (χ4n) is 4.93. The van der Waals surface area contributed by atoms with Gasteiger partial charge in [-0.2, -0.15) is 5.10 Å². The van der Waals surface area contributed by atoms with Gasteiger partial charge in [0.15, 0.2) is 21.6 Å². The Hall–Kier alpha value is -3.99. The molecule has 208 valence electrons. The summed E-state index contributed by atoms with van der Waals surface area (Å²) in [5.74, 6) is -1.11. The van der Waals surface area contributed by atoms with E-state index in [1.165, 1.54) is 28.3 Å². The molecule has 6 rings (SSSR count). The van der Waals surface area contributed by atoms with E-state index in [2.05, 4.69) is 35.3 Å². The molecule has 0 radical (unpaired) electrons. The predicted molar refractivity (Wildman–Crippen MR) is 159 cm³/mol. The quantitative estimate of drug-likeness (QED) is 0.156. The highest BCUT2D eigenvalue weighted by atomic mass is 32.2. The summed E-state index contributed by atoms with van der Waals surface area (Å²) in [7, 11) is -2.15. The summed E-state index contributed by atoms with van der Waals surface area (Å²) in [5, 5.41) is 22.0. The van der Waals surface area contributed by atoms with Crippen LogP contribution in [0.15, 0.2) is 77.0 Å². The van der Waals surface area contributed by atoms with Crippen molar-refractivity contribution in [3.8, 4) is 27.5 Å². The van der Waals surface area contributed by atoms with Gasteiger partial charge in [-0.25, -0.2) is 18.9 Å². The normalized spacial score (nSPS) is 13.8. The van der Waals surface area contributed by atoms with Crippen molar-refractivity contribution in [3.05, 3.63) is 106 Å². The van der Waals surface area contributed by atoms with Gasteiger partial charge < -0.3 is 5.11 Å². The van der Waals surface area contributed by atoms with Gasteiger partial charge in [-0.1, -0.05) is 58.3 Å². The number of benzene rings is 3. The molecule has 1 atom stereocenters. The Morgan fingerprint density at radius 1 is 1.10 bits per heavy atom. The summed E-state index contributed by atoms with van der Waals surface area (Å²) in [6.07, 6.45) is 3.15. The number of rotatable bonds is 9. The molecule has 41 heavy (non-hydrogen) atoms. The molecule has 0 spiro atoms. The number of aromatic nitrogens is 3. The van der Waals surface area contributed by atoms with Crippen LogP contribution in [0.2, 0.25) is 0 Å². The molecule has 0 saturated heterocycles. The van der Waals surface area contributed by atoms with Crippen molar-refractivity contribution in [2.45, 2.75) is 37.5 Å². The maximum Gasteiger partial charge on any atom is 0.355 e. The molecule has 7 nitrogen and oxygen atoms in total. The summed E-state index contributed by atoms with van der Waals surface area (Å²) in [4.78, 5) is 16.2. The number of thiazole rings is 1. The van der Waals surface area contributed by atoms with Crippen molar-refractivity contribution in [2.24, 2.45) is 11.1 Å². The first-order chi connectivity index (χ1) is 19.8. The van der Waals surface area contributed by atoms with E-state index < -0.39 is 22.8 Å². The minimum atomic E-state index is -2.15. The molecule has 5 aromatic rings. The molecule has 0 bridgehead atoms. The molecule has 0 aliphatic heterocycles. The number of aromatic carboxylic acids is 1. The number of nitrogens with zero attached hydrogens (tertiary/aromatic N) is 3. The second-order valence-electron chi connectivity index (χ2n) is 10.4. The molecule has 10 heteroatoms. The Morgan fingerprint density at radius 3 is 2.51 bits per heavy atom. The molecule has 2 aromatic heterocycles. The third-order valence-electron chi connectivity index (χ3n) is 7.34. The van der Waals surface area contributed by atoms with Gasteiger partial charge in [0, 0.05) is 29.0 Å². The lowest BCUT2D eigenvalue weighted by atomic mass is 9.95. The number of carbonyl (C=O) groups is 1. The summed E-state index contributed by atoms with van der Waals surface area (Å²) in [6.45, 7) is 2.05. The average Bonchev–Trinajstić information content (AvgIpc) is 3.51. The average molecular weight is 588 g/mol. The van der Waals surface area contributed by atoms with Gasteiger partial charge in [0.1, 0.15) is 5.82 Å². The highest BCUT2D eigenvalue weighted by Crippen LogP contribution is 2.39. The Balaban J connectivity index is 1.52. The van der Waals surface area contributed by atoms with E-state index >= 15 is 4.39 Å². The van der Waals surface area contributed by atoms with E-state index in [0.717, 1.165) is 47.2 Å². The minimum Gasteiger partial charge on any atom is -0.476 e. The molecule has 1 fully saturated rings. The number of thiol groups is 1. The van der Waals surface area contributed by atoms with Gasteiger partial charge in [0.25, 0.3) is 0 Å². The van der Waals surface area contributed by atoms with E-state index in [4.69, 9.17) is 10.2 Å². The van der Waals surface area contributed by atoms with Crippen molar-refractivity contribution in [3.63, 3.8) is 0 Å². The lowest BCUT2D eigenvalue weighted by Crippen LogP contribution is -2.07. The maximum atomic E-state index is 15.3. The minimum absolute atomic E-state index is 0.0418. The van der Waals surface area contributed by atoms with Gasteiger partial charge in [0.05, 0.1) is 11.4 Å². The summed E-state index contributed by atoms with van der Waals surface area (Å²) >= 11 is 1.21. The molecule has 2 heterocycles. The van der Waals surface area contributed by atoms with Crippen molar-refractivity contribution < 1.29 is 18.5 Å². The number of hydrogen-bond acceptors (Lipinski definition) is 5. The third-order valence-corrected chi connectivity index (χ3v) is 8.94. The van der Waals surface area contributed by atoms with Crippen LogP contribution < -0.4 is 5.14 Å². The second-order valence-corrected chi connectivity index (χ2v) is 12.4. The van der Waals surface area contributed by atoms with Gasteiger partial charge in [0.2, 0.25) is 5.13 Å². The lowest BCUT2D eigenvalue weighted by Gasteiger charge is -2.10. The Labute approximate surface area is 243 Å². The number of halogens is 1. The Kier molecular flexibility index (Phi) is 7.37. The topological polar surface area (TPSA) is 111 Å². The van der Waals surface area contributed by atoms with Crippen molar-refractivity contribution in [2.75, 3.05) is 0 Å². The molecule has 3 aromatic carbocycles. The fourth-order valence-corrected chi connectivity index (χ4v) is 6.16. The third kappa shape index (κ3) is 5.76. The summed E-state index contributed by atoms with van der Waals surface area (Å²) in [6, 6.07) is 20.8. The molecule has 1 unspecified atom stereocenters. The van der Waals surface area contributed by atoms with E-state index in [1.54, 1.807) is 16.8 Å². The van der Waals surface area contributed by atoms with E-state index in [9.17, 15) is 14.1 Å². The summed E-state index contributed by atoms with van der Waals surface area (Å²) < 4.78 is 28.8. The van der Waals surface area contributed by atoms with Crippen LogP contribution in [-0.2, 0) is 28.0 Å². The van der Waals surface area contributed by atoms with Crippen molar-refractivity contribution >= 4 is 28.3 Å². The molecule has 1 aliphatic carbocycles. The number of nitrogens with two attached hydrogens (primary N) is 1. The highest BCUT2D eigenvalue weighted by Gasteiger charge is 2.30.